The number of nitrogens with one attached hydrogen (secondary N) is 1. The quantitative estimate of drug-likeness (QED) is 0.727. The van der Waals surface area contributed by atoms with Crippen molar-refractivity contribution in [1.29, 1.82) is 0 Å². The molecule has 0 aliphatic heterocycles. The van der Waals surface area contributed by atoms with Gasteiger partial charge in [-0.05, 0) is 45.8 Å². The van der Waals surface area contributed by atoms with Crippen molar-refractivity contribution in [2.24, 2.45) is 0 Å². The molecule has 128 valence electrons. The Bertz CT molecular complexity index is 1000. The van der Waals surface area contributed by atoms with Gasteiger partial charge in [-0.25, -0.2) is 14.1 Å². The van der Waals surface area contributed by atoms with E-state index in [9.17, 15) is 14.0 Å². The minimum atomic E-state index is -0.375. The van der Waals surface area contributed by atoms with Crippen LogP contribution in [0.15, 0.2) is 51.7 Å². The molecular formula is C18H15BrFN3O2. The van der Waals surface area contributed by atoms with E-state index in [1.165, 1.54) is 28.9 Å². The molecule has 1 N–H and O–H groups in total. The van der Waals surface area contributed by atoms with Crippen LogP contribution in [-0.2, 0) is 17.6 Å². The molecule has 0 aliphatic carbocycles. The average molecular weight is 404 g/mol. The van der Waals surface area contributed by atoms with E-state index in [1.807, 2.05) is 13.0 Å². The first kappa shape index (κ1) is 17.3. The third-order valence-corrected chi connectivity index (χ3v) is 4.39. The zero-order valence-corrected chi connectivity index (χ0v) is 15.0. The van der Waals surface area contributed by atoms with Crippen LogP contribution in [0, 0.1) is 5.82 Å². The highest BCUT2D eigenvalue weighted by atomic mass is 79.9. The summed E-state index contributed by atoms with van der Waals surface area (Å²) in [4.78, 5) is 29.5. The predicted molar refractivity (Wildman–Crippen MR) is 97.6 cm³/mol. The van der Waals surface area contributed by atoms with Gasteiger partial charge in [0, 0.05) is 10.9 Å². The van der Waals surface area contributed by atoms with Crippen LogP contribution in [0.1, 0.15) is 18.3 Å². The number of halogens is 2. The second kappa shape index (κ2) is 7.14. The SMILES string of the molecule is CCc1nc2c(Br)cccc2c(=O)n1NC(=O)Cc1ccc(F)cc1. The van der Waals surface area contributed by atoms with Crippen LogP contribution in [-0.4, -0.2) is 15.6 Å². The summed E-state index contributed by atoms with van der Waals surface area (Å²) in [6.07, 6.45) is 0.510. The Morgan fingerprint density at radius 1 is 1.24 bits per heavy atom. The van der Waals surface area contributed by atoms with Gasteiger partial charge in [0.05, 0.1) is 17.3 Å². The number of carbonyl (C=O) groups excluding carboxylic acids is 1. The van der Waals surface area contributed by atoms with Gasteiger partial charge in [0.2, 0.25) is 5.91 Å². The summed E-state index contributed by atoms with van der Waals surface area (Å²) in [5.74, 6) is -0.283. The number of hydrogen-bond donors (Lipinski definition) is 1. The Morgan fingerprint density at radius 3 is 2.64 bits per heavy atom. The summed E-state index contributed by atoms with van der Waals surface area (Å²) in [6, 6.07) is 10.9. The van der Waals surface area contributed by atoms with Crippen molar-refractivity contribution in [2.45, 2.75) is 19.8 Å². The predicted octanol–water partition coefficient (Wildman–Crippen LogP) is 3.17. The molecule has 0 atom stereocenters. The summed E-state index contributed by atoms with van der Waals surface area (Å²) in [5.41, 5.74) is 3.48. The first-order valence-corrected chi connectivity index (χ1v) is 8.53. The smallest absolute Gasteiger partial charge is 0.273 e. The average Bonchev–Trinajstić information content (AvgIpc) is 2.60. The van der Waals surface area contributed by atoms with Crippen LogP contribution in [0.25, 0.3) is 10.9 Å². The van der Waals surface area contributed by atoms with Crippen LogP contribution in [0.5, 0.6) is 0 Å². The van der Waals surface area contributed by atoms with Gasteiger partial charge in [-0.1, -0.05) is 25.1 Å². The molecule has 1 aromatic heterocycles. The second-order valence-corrected chi connectivity index (χ2v) is 6.35. The molecule has 0 saturated carbocycles. The highest BCUT2D eigenvalue weighted by Crippen LogP contribution is 2.19. The zero-order valence-electron chi connectivity index (χ0n) is 13.4. The molecule has 1 amide bonds. The molecule has 5 nitrogen and oxygen atoms in total. The van der Waals surface area contributed by atoms with Gasteiger partial charge in [0.1, 0.15) is 11.6 Å². The molecule has 0 bridgehead atoms. The highest BCUT2D eigenvalue weighted by Gasteiger charge is 2.14. The molecule has 25 heavy (non-hydrogen) atoms. The number of benzene rings is 2. The summed E-state index contributed by atoms with van der Waals surface area (Å²) in [5, 5.41) is 0.411. The molecule has 3 aromatic rings. The molecule has 1 heterocycles. The van der Waals surface area contributed by atoms with E-state index in [4.69, 9.17) is 0 Å². The van der Waals surface area contributed by atoms with Crippen LogP contribution in [0.3, 0.4) is 0 Å². The normalized spacial score (nSPS) is 10.8. The molecule has 0 saturated heterocycles. The zero-order chi connectivity index (χ0) is 18.0. The molecule has 7 heteroatoms. The fourth-order valence-electron chi connectivity index (χ4n) is 2.52. The maximum atomic E-state index is 12.9. The lowest BCUT2D eigenvalue weighted by Crippen LogP contribution is -2.37. The number of carbonyl (C=O) groups is 1. The largest absolute Gasteiger partial charge is 0.280 e. The lowest BCUT2D eigenvalue weighted by Gasteiger charge is -2.14. The van der Waals surface area contributed by atoms with Crippen LogP contribution >= 0.6 is 15.9 Å². The monoisotopic (exact) mass is 403 g/mol. The minimum Gasteiger partial charge on any atom is -0.273 e. The third-order valence-electron chi connectivity index (χ3n) is 3.75. The van der Waals surface area contributed by atoms with E-state index < -0.39 is 0 Å². The van der Waals surface area contributed by atoms with Gasteiger partial charge in [0.15, 0.2) is 0 Å². The molecule has 2 aromatic carbocycles. The topological polar surface area (TPSA) is 64.0 Å². The highest BCUT2D eigenvalue weighted by molar-refractivity contribution is 9.10. The summed E-state index contributed by atoms with van der Waals surface area (Å²) < 4.78 is 14.9. The van der Waals surface area contributed by atoms with Crippen molar-refractivity contribution < 1.29 is 9.18 Å². The molecule has 3 rings (SSSR count). The van der Waals surface area contributed by atoms with Gasteiger partial charge < -0.3 is 0 Å². The Labute approximate surface area is 151 Å². The number of rotatable bonds is 4. The first-order chi connectivity index (χ1) is 12.0. The Morgan fingerprint density at radius 2 is 1.96 bits per heavy atom. The van der Waals surface area contributed by atoms with E-state index in [0.717, 1.165) is 4.47 Å². The number of nitrogens with zero attached hydrogens (tertiary/aromatic N) is 2. The van der Waals surface area contributed by atoms with Crippen molar-refractivity contribution in [2.75, 3.05) is 5.43 Å². The van der Waals surface area contributed by atoms with Crippen molar-refractivity contribution >= 4 is 32.7 Å². The summed E-state index contributed by atoms with van der Waals surface area (Å²) >= 11 is 3.39. The molecule has 0 fully saturated rings. The number of aromatic nitrogens is 2. The summed E-state index contributed by atoms with van der Waals surface area (Å²) in [7, 11) is 0. The fourth-order valence-corrected chi connectivity index (χ4v) is 2.98. The van der Waals surface area contributed by atoms with Crippen LogP contribution in [0.2, 0.25) is 0 Å². The van der Waals surface area contributed by atoms with Crippen LogP contribution in [0.4, 0.5) is 4.39 Å². The van der Waals surface area contributed by atoms with Crippen molar-refractivity contribution in [1.82, 2.24) is 9.66 Å². The van der Waals surface area contributed by atoms with E-state index in [-0.39, 0.29) is 23.7 Å². The fraction of sp³-hybridized carbons (Fsp3) is 0.167. The Balaban J connectivity index is 1.95. The number of aryl methyl sites for hydroxylation is 1. The van der Waals surface area contributed by atoms with Gasteiger partial charge in [-0.3, -0.25) is 15.0 Å². The van der Waals surface area contributed by atoms with E-state index in [1.54, 1.807) is 12.1 Å². The molecule has 0 spiro atoms. The lowest BCUT2D eigenvalue weighted by atomic mass is 10.1. The van der Waals surface area contributed by atoms with Crippen LogP contribution < -0.4 is 11.0 Å². The van der Waals surface area contributed by atoms with E-state index >= 15 is 0 Å². The maximum absolute atomic E-state index is 12.9. The van der Waals surface area contributed by atoms with Gasteiger partial charge in [-0.15, -0.1) is 0 Å². The van der Waals surface area contributed by atoms with E-state index in [2.05, 4.69) is 26.3 Å². The van der Waals surface area contributed by atoms with Crippen molar-refractivity contribution in [3.63, 3.8) is 0 Å². The second-order valence-electron chi connectivity index (χ2n) is 5.50. The van der Waals surface area contributed by atoms with E-state index in [0.29, 0.717) is 28.7 Å². The first-order valence-electron chi connectivity index (χ1n) is 7.74. The molecule has 0 aliphatic rings. The van der Waals surface area contributed by atoms with Crippen molar-refractivity contribution in [3.05, 3.63) is 74.5 Å². The standard InChI is InChI=1S/C18H15BrFN3O2/c1-2-15-21-17-13(4-3-5-14(17)19)18(25)23(15)22-16(24)10-11-6-8-12(20)9-7-11/h3-9H,2,10H2,1H3,(H,22,24). The number of para-hydroxylation sites is 1. The van der Waals surface area contributed by atoms with Gasteiger partial charge in [-0.2, -0.15) is 0 Å². The van der Waals surface area contributed by atoms with Gasteiger partial charge >= 0.3 is 0 Å². The third kappa shape index (κ3) is 3.61. The Hall–Kier alpha value is -2.54. The lowest BCUT2D eigenvalue weighted by molar-refractivity contribution is -0.116. The van der Waals surface area contributed by atoms with Gasteiger partial charge in [0.25, 0.3) is 5.56 Å². The number of fused-ring (bicyclic) bond motifs is 1. The van der Waals surface area contributed by atoms with Crippen molar-refractivity contribution in [3.8, 4) is 0 Å². The minimum absolute atomic E-state index is 0.0341. The number of hydrogen-bond acceptors (Lipinski definition) is 3. The number of amides is 1. The maximum Gasteiger partial charge on any atom is 0.280 e. The molecular weight excluding hydrogens is 389 g/mol. The molecule has 0 radical (unpaired) electrons. The Kier molecular flexibility index (Phi) is 4.94. The summed E-state index contributed by atoms with van der Waals surface area (Å²) in [6.45, 7) is 1.85. The molecule has 0 unspecified atom stereocenters.